The van der Waals surface area contributed by atoms with Crippen molar-refractivity contribution >= 4 is 29.6 Å². The predicted octanol–water partition coefficient (Wildman–Crippen LogP) is 1.77. The maximum Gasteiger partial charge on any atom is 0.425 e. The third kappa shape index (κ3) is 4.72. The molecule has 0 radical (unpaired) electrons. The Bertz CT molecular complexity index is 863. The van der Waals surface area contributed by atoms with Crippen LogP contribution < -0.4 is 10.0 Å². The average Bonchev–Trinajstić information content (AvgIpc) is 2.81. The second kappa shape index (κ2) is 6.86. The highest BCUT2D eigenvalue weighted by Crippen LogP contribution is 2.26. The number of ether oxygens (including phenoxy) is 2. The lowest BCUT2D eigenvalue weighted by Crippen LogP contribution is -2.45. The fourth-order valence-electron chi connectivity index (χ4n) is 2.08. The first kappa shape index (κ1) is 20.1. The lowest BCUT2D eigenvalue weighted by Gasteiger charge is -2.27. The zero-order valence-electron chi connectivity index (χ0n) is 16.0. The van der Waals surface area contributed by atoms with Crippen LogP contribution in [0.2, 0.25) is 0 Å². The smallest absolute Gasteiger partial charge is 0.425 e. The number of fused-ring (bicyclic) bond motifs is 1. The Morgan fingerprint density at radius 1 is 1.04 bits per heavy atom. The van der Waals surface area contributed by atoms with Crippen LogP contribution in [0, 0.1) is 0 Å². The highest BCUT2D eigenvalue weighted by molar-refractivity contribution is 6.13. The van der Waals surface area contributed by atoms with Gasteiger partial charge in [0.1, 0.15) is 11.2 Å². The molecule has 2 amide bonds. The number of aromatic nitrogens is 3. The van der Waals surface area contributed by atoms with Gasteiger partial charge in [0.25, 0.3) is 0 Å². The summed E-state index contributed by atoms with van der Waals surface area (Å²) in [5.74, 6) is -2.16. The Labute approximate surface area is 155 Å². The molecule has 2 aromatic rings. The zero-order valence-corrected chi connectivity index (χ0v) is 16.0. The number of carbonyl (C=O) groups is 3. The van der Waals surface area contributed by atoms with E-state index in [4.69, 9.17) is 9.47 Å². The molecule has 0 aliphatic heterocycles. The molecule has 0 fully saturated rings. The monoisotopic (exact) mass is 377 g/mol. The van der Waals surface area contributed by atoms with E-state index in [0.717, 1.165) is 4.52 Å². The van der Waals surface area contributed by atoms with E-state index in [-0.39, 0.29) is 5.65 Å². The summed E-state index contributed by atoms with van der Waals surface area (Å²) in [4.78, 5) is 41.3. The van der Waals surface area contributed by atoms with E-state index < -0.39 is 40.7 Å². The van der Waals surface area contributed by atoms with Gasteiger partial charge in [-0.3, -0.25) is 0 Å². The van der Waals surface area contributed by atoms with Crippen LogP contribution in [0.15, 0.2) is 18.5 Å². The van der Waals surface area contributed by atoms with Crippen molar-refractivity contribution < 1.29 is 29.0 Å². The fourth-order valence-corrected chi connectivity index (χ4v) is 2.08. The summed E-state index contributed by atoms with van der Waals surface area (Å²) in [5, 5.41) is 15.7. The van der Waals surface area contributed by atoms with Crippen LogP contribution in [0.5, 0.6) is 0 Å². The normalized spacial score (nSPS) is 11.9. The summed E-state index contributed by atoms with van der Waals surface area (Å²) in [5.41, 5.74) is -2.52. The number of amides is 2. The van der Waals surface area contributed by atoms with Gasteiger partial charge >= 0.3 is 12.2 Å². The van der Waals surface area contributed by atoms with Crippen molar-refractivity contribution in [2.75, 3.05) is 4.90 Å². The molecule has 0 atom stereocenters. The van der Waals surface area contributed by atoms with Crippen LogP contribution in [0.25, 0.3) is 5.65 Å². The number of carboxylic acids is 1. The topological polar surface area (TPSA) is 126 Å². The SMILES string of the molecule is CC(C)(C)OC(=O)N(C(=O)OC(C)(C)C)c1nn2cccnc2c1C(=O)[O-]. The summed E-state index contributed by atoms with van der Waals surface area (Å²) in [6.45, 7) is 9.60. The van der Waals surface area contributed by atoms with Crippen molar-refractivity contribution in [1.82, 2.24) is 14.6 Å². The van der Waals surface area contributed by atoms with Crippen molar-refractivity contribution in [2.24, 2.45) is 0 Å². The molecule has 146 valence electrons. The first-order valence-corrected chi connectivity index (χ1v) is 8.11. The maximum atomic E-state index is 12.7. The third-order valence-electron chi connectivity index (χ3n) is 2.94. The zero-order chi connectivity index (χ0) is 20.6. The molecule has 0 aromatic carbocycles. The quantitative estimate of drug-likeness (QED) is 0.775. The molecule has 0 saturated carbocycles. The Balaban J connectivity index is 2.64. The lowest BCUT2D eigenvalue weighted by molar-refractivity contribution is -0.254. The molecule has 27 heavy (non-hydrogen) atoms. The lowest BCUT2D eigenvalue weighted by atomic mass is 10.2. The summed E-state index contributed by atoms with van der Waals surface area (Å²) in [7, 11) is 0. The van der Waals surface area contributed by atoms with Crippen LogP contribution in [0.1, 0.15) is 51.9 Å². The number of imide groups is 1. The van der Waals surface area contributed by atoms with Crippen LogP contribution in [0.3, 0.4) is 0 Å². The highest BCUT2D eigenvalue weighted by atomic mass is 16.6. The molecule has 0 aliphatic carbocycles. The Morgan fingerprint density at radius 3 is 2.00 bits per heavy atom. The van der Waals surface area contributed by atoms with Crippen LogP contribution in [-0.4, -0.2) is 44.0 Å². The van der Waals surface area contributed by atoms with Crippen molar-refractivity contribution in [2.45, 2.75) is 52.7 Å². The van der Waals surface area contributed by atoms with Gasteiger partial charge < -0.3 is 19.4 Å². The van der Waals surface area contributed by atoms with Gasteiger partial charge in [-0.15, -0.1) is 5.10 Å². The van der Waals surface area contributed by atoms with Crippen molar-refractivity contribution in [3.05, 3.63) is 24.0 Å². The van der Waals surface area contributed by atoms with E-state index in [2.05, 4.69) is 10.1 Å². The van der Waals surface area contributed by atoms with Crippen molar-refractivity contribution in [3.8, 4) is 0 Å². The molecule has 2 heterocycles. The van der Waals surface area contributed by atoms with E-state index in [0.29, 0.717) is 4.90 Å². The van der Waals surface area contributed by atoms with E-state index >= 15 is 0 Å². The molecule has 0 aliphatic rings. The minimum Gasteiger partial charge on any atom is -0.545 e. The molecule has 2 rings (SSSR count). The molecule has 0 spiro atoms. The van der Waals surface area contributed by atoms with Gasteiger partial charge in [-0.25, -0.2) is 19.1 Å². The van der Waals surface area contributed by atoms with E-state index in [1.165, 1.54) is 18.5 Å². The number of carboxylic acid groups (broad SMARTS) is 1. The van der Waals surface area contributed by atoms with Gasteiger partial charge in [0, 0.05) is 12.4 Å². The molecular weight excluding hydrogens is 356 g/mol. The third-order valence-corrected chi connectivity index (χ3v) is 2.94. The predicted molar refractivity (Wildman–Crippen MR) is 92.3 cm³/mol. The minimum atomic E-state index is -1.66. The Morgan fingerprint density at radius 2 is 1.56 bits per heavy atom. The second-order valence-electron chi connectivity index (χ2n) is 7.67. The summed E-state index contributed by atoms with van der Waals surface area (Å²) in [6.07, 6.45) is 0.490. The molecule has 0 saturated heterocycles. The number of hydrogen-bond acceptors (Lipinski definition) is 8. The van der Waals surface area contributed by atoms with Gasteiger partial charge in [-0.2, -0.15) is 4.90 Å². The average molecular weight is 377 g/mol. The van der Waals surface area contributed by atoms with Crippen LogP contribution >= 0.6 is 0 Å². The first-order valence-electron chi connectivity index (χ1n) is 8.11. The highest BCUT2D eigenvalue weighted by Gasteiger charge is 2.37. The largest absolute Gasteiger partial charge is 0.545 e. The molecule has 0 N–H and O–H groups in total. The van der Waals surface area contributed by atoms with Crippen LogP contribution in [0.4, 0.5) is 15.4 Å². The van der Waals surface area contributed by atoms with E-state index in [1.54, 1.807) is 41.5 Å². The van der Waals surface area contributed by atoms with Gasteiger partial charge in [-0.05, 0) is 47.6 Å². The fraction of sp³-hybridized carbons (Fsp3) is 0.471. The number of hydrogen-bond donors (Lipinski definition) is 0. The number of anilines is 1. The number of carbonyl (C=O) groups excluding carboxylic acids is 3. The second-order valence-corrected chi connectivity index (χ2v) is 7.67. The summed E-state index contributed by atoms with van der Waals surface area (Å²) < 4.78 is 11.6. The molecule has 0 bridgehead atoms. The van der Waals surface area contributed by atoms with E-state index in [9.17, 15) is 19.5 Å². The molecule has 10 nitrogen and oxygen atoms in total. The van der Waals surface area contributed by atoms with Crippen LogP contribution in [-0.2, 0) is 9.47 Å². The van der Waals surface area contributed by atoms with Crippen molar-refractivity contribution in [1.29, 1.82) is 0 Å². The Kier molecular flexibility index (Phi) is 5.12. The molecular formula is C17H21N4O6-. The molecule has 2 aromatic heterocycles. The molecule has 0 unspecified atom stereocenters. The minimum absolute atomic E-state index is 0.0929. The van der Waals surface area contributed by atoms with Gasteiger partial charge in [0.2, 0.25) is 0 Å². The maximum absolute atomic E-state index is 12.7. The van der Waals surface area contributed by atoms with Gasteiger partial charge in [0.05, 0.1) is 11.5 Å². The Hall–Kier alpha value is -3.17. The standard InChI is InChI=1S/C17H22N4O6/c1-16(2,3)26-14(24)21(15(25)27-17(4,5)6)12-10(13(22)23)11-18-8-7-9-20(11)19-12/h7-9H,1-6H3,(H,22,23)/p-1. The summed E-state index contributed by atoms with van der Waals surface area (Å²) >= 11 is 0. The van der Waals surface area contributed by atoms with Gasteiger partial charge in [0.15, 0.2) is 11.5 Å². The van der Waals surface area contributed by atoms with Gasteiger partial charge in [-0.1, -0.05) is 0 Å². The number of rotatable bonds is 2. The van der Waals surface area contributed by atoms with Crippen molar-refractivity contribution in [3.63, 3.8) is 0 Å². The van der Waals surface area contributed by atoms with E-state index in [1.807, 2.05) is 0 Å². The summed E-state index contributed by atoms with van der Waals surface area (Å²) in [6, 6.07) is 1.51. The molecule has 10 heteroatoms. The number of aromatic carboxylic acids is 1. The first-order chi connectivity index (χ1) is 12.3. The number of nitrogens with zero attached hydrogens (tertiary/aromatic N) is 4.